The second-order valence-electron chi connectivity index (χ2n) is 7.51. The first kappa shape index (κ1) is 22.6. The summed E-state index contributed by atoms with van der Waals surface area (Å²) in [7, 11) is 0. The minimum atomic E-state index is -1.25. The maximum atomic E-state index is 13.5. The zero-order valence-corrected chi connectivity index (χ0v) is 18.7. The molecule has 4 aromatic rings. The summed E-state index contributed by atoms with van der Waals surface area (Å²) in [6.45, 7) is 1.67. The number of aryl methyl sites for hydroxylation is 1. The molecule has 0 fully saturated rings. The molecule has 34 heavy (non-hydrogen) atoms. The minimum absolute atomic E-state index is 0.0677. The Morgan fingerprint density at radius 1 is 1.26 bits per heavy atom. The number of primary amides is 1. The summed E-state index contributed by atoms with van der Waals surface area (Å²) >= 11 is 1.17. The van der Waals surface area contributed by atoms with Gasteiger partial charge in [-0.1, -0.05) is 42.5 Å². The second-order valence-corrected chi connectivity index (χ2v) is 8.35. The molecule has 10 nitrogen and oxygen atoms in total. The van der Waals surface area contributed by atoms with Gasteiger partial charge in [0.2, 0.25) is 11.0 Å². The number of nitrogens with two attached hydrogens (primary N) is 1. The molecule has 0 saturated carbocycles. The first-order chi connectivity index (χ1) is 16.3. The molecule has 2 unspecified atom stereocenters. The molecule has 1 amide bonds. The van der Waals surface area contributed by atoms with Crippen LogP contribution in [0.1, 0.15) is 22.7 Å². The van der Waals surface area contributed by atoms with Gasteiger partial charge in [0, 0.05) is 40.3 Å². The normalized spacial score (nSPS) is 12.6. The highest BCUT2D eigenvalue weighted by molar-refractivity contribution is 7.12. The van der Waals surface area contributed by atoms with E-state index in [1.54, 1.807) is 54.8 Å². The van der Waals surface area contributed by atoms with Crippen LogP contribution in [-0.2, 0) is 4.79 Å². The number of nitriles is 1. The Kier molecular flexibility index (Phi) is 6.07. The number of hydrogen-bond acceptors (Lipinski definition) is 7. The minimum Gasteiger partial charge on any atom is -0.369 e. The summed E-state index contributed by atoms with van der Waals surface area (Å²) in [5, 5.41) is 25.7. The zero-order chi connectivity index (χ0) is 24.4. The number of nitro groups is 1. The summed E-state index contributed by atoms with van der Waals surface area (Å²) in [4.78, 5) is 40.6. The van der Waals surface area contributed by atoms with Crippen molar-refractivity contribution >= 4 is 22.9 Å². The molecule has 11 heteroatoms. The van der Waals surface area contributed by atoms with Crippen molar-refractivity contribution in [1.82, 2.24) is 14.8 Å². The van der Waals surface area contributed by atoms with Crippen molar-refractivity contribution in [2.45, 2.75) is 12.8 Å². The van der Waals surface area contributed by atoms with Crippen molar-refractivity contribution in [2.75, 3.05) is 0 Å². The van der Waals surface area contributed by atoms with Crippen molar-refractivity contribution in [3.05, 3.63) is 97.3 Å². The van der Waals surface area contributed by atoms with Gasteiger partial charge < -0.3 is 5.73 Å². The summed E-state index contributed by atoms with van der Waals surface area (Å²) in [6.07, 6.45) is 0. The van der Waals surface area contributed by atoms with Gasteiger partial charge in [-0.05, 0) is 12.5 Å². The van der Waals surface area contributed by atoms with E-state index < -0.39 is 28.2 Å². The molecule has 2 aromatic heterocycles. The maximum absolute atomic E-state index is 13.5. The fourth-order valence-corrected chi connectivity index (χ4v) is 4.62. The molecule has 0 aliphatic heterocycles. The Morgan fingerprint density at radius 2 is 2.00 bits per heavy atom. The Morgan fingerprint density at radius 3 is 2.65 bits per heavy atom. The van der Waals surface area contributed by atoms with Crippen LogP contribution in [0.2, 0.25) is 0 Å². The molecule has 0 spiro atoms. The van der Waals surface area contributed by atoms with E-state index in [4.69, 9.17) is 5.73 Å². The largest absolute Gasteiger partial charge is 0.369 e. The van der Waals surface area contributed by atoms with Crippen LogP contribution in [-0.4, -0.2) is 25.6 Å². The third kappa shape index (κ3) is 4.10. The lowest BCUT2D eigenvalue weighted by Crippen LogP contribution is -2.31. The monoisotopic (exact) mass is 474 g/mol. The average Bonchev–Trinajstić information content (AvgIpc) is 3.42. The van der Waals surface area contributed by atoms with Gasteiger partial charge in [-0.25, -0.2) is 4.98 Å². The summed E-state index contributed by atoms with van der Waals surface area (Å²) in [6, 6.07) is 16.7. The van der Waals surface area contributed by atoms with Crippen LogP contribution in [0.15, 0.2) is 64.8 Å². The van der Waals surface area contributed by atoms with Crippen molar-refractivity contribution in [3.63, 3.8) is 0 Å². The van der Waals surface area contributed by atoms with E-state index in [1.165, 1.54) is 28.2 Å². The lowest BCUT2D eigenvalue weighted by Gasteiger charge is -2.19. The Hall–Kier alpha value is -4.56. The Balaban J connectivity index is 1.81. The molecule has 0 aliphatic rings. The van der Waals surface area contributed by atoms with E-state index in [0.717, 1.165) is 0 Å². The van der Waals surface area contributed by atoms with Crippen LogP contribution < -0.4 is 11.3 Å². The van der Waals surface area contributed by atoms with E-state index in [-0.39, 0.29) is 11.3 Å². The summed E-state index contributed by atoms with van der Waals surface area (Å²) < 4.78 is 1.24. The quantitative estimate of drug-likeness (QED) is 0.309. The molecule has 4 rings (SSSR count). The average molecular weight is 475 g/mol. The number of amides is 1. The van der Waals surface area contributed by atoms with Crippen LogP contribution in [0.5, 0.6) is 0 Å². The molecule has 2 aromatic carbocycles. The highest BCUT2D eigenvalue weighted by Gasteiger charge is 2.34. The van der Waals surface area contributed by atoms with E-state index >= 15 is 0 Å². The molecule has 2 atom stereocenters. The van der Waals surface area contributed by atoms with Gasteiger partial charge in [-0.2, -0.15) is 9.94 Å². The first-order valence-electron chi connectivity index (χ1n) is 10.1. The summed E-state index contributed by atoms with van der Waals surface area (Å²) in [5.41, 5.74) is 7.29. The van der Waals surface area contributed by atoms with Crippen molar-refractivity contribution in [1.29, 1.82) is 5.26 Å². The van der Waals surface area contributed by atoms with Crippen LogP contribution in [0, 0.1) is 34.3 Å². The number of rotatable bonds is 7. The number of carbonyl (C=O) groups is 1. The number of non-ortho nitro benzene ring substituents is 1. The van der Waals surface area contributed by atoms with Crippen LogP contribution in [0.4, 0.5) is 5.69 Å². The number of H-pyrrole nitrogens is 1. The van der Waals surface area contributed by atoms with Gasteiger partial charge in [0.1, 0.15) is 5.92 Å². The number of nitrogens with one attached hydrogen (secondary N) is 1. The number of thiazole rings is 1. The highest BCUT2D eigenvalue weighted by Crippen LogP contribution is 2.33. The number of nitrogens with zero attached hydrogens (tertiary/aromatic N) is 4. The first-order valence-corrected chi connectivity index (χ1v) is 11.0. The van der Waals surface area contributed by atoms with Crippen LogP contribution >= 0.6 is 11.3 Å². The van der Waals surface area contributed by atoms with E-state index in [0.29, 0.717) is 27.6 Å². The number of aromatic nitrogens is 3. The number of benzene rings is 2. The van der Waals surface area contributed by atoms with Crippen LogP contribution in [0.3, 0.4) is 0 Å². The molecule has 170 valence electrons. The lowest BCUT2D eigenvalue weighted by atomic mass is 9.81. The third-order valence-corrected chi connectivity index (χ3v) is 6.23. The molecular formula is C23H18N6O4S. The Labute approximate surface area is 197 Å². The molecular weight excluding hydrogens is 456 g/mol. The SMILES string of the molecule is Cc1[nH]n(-c2nc(-c3cccc([N+](=O)[O-])c3)cs2)c(=O)c1C(c1ccccc1)C(C#N)C(N)=O. The molecule has 0 saturated heterocycles. The van der Waals surface area contributed by atoms with E-state index in [9.17, 15) is 25.0 Å². The Bertz CT molecular complexity index is 1480. The predicted octanol–water partition coefficient (Wildman–Crippen LogP) is 3.26. The van der Waals surface area contributed by atoms with Crippen molar-refractivity contribution in [2.24, 2.45) is 11.7 Å². The highest BCUT2D eigenvalue weighted by atomic mass is 32.1. The fourth-order valence-electron chi connectivity index (χ4n) is 3.83. The molecule has 3 N–H and O–H groups in total. The third-order valence-electron chi connectivity index (χ3n) is 5.40. The molecule has 2 heterocycles. The van der Waals surface area contributed by atoms with Crippen LogP contribution in [0.25, 0.3) is 16.4 Å². The zero-order valence-electron chi connectivity index (χ0n) is 17.8. The number of aromatic amines is 1. The fraction of sp³-hybridized carbons (Fsp3) is 0.130. The van der Waals surface area contributed by atoms with Gasteiger partial charge >= 0.3 is 0 Å². The van der Waals surface area contributed by atoms with Gasteiger partial charge in [-0.15, -0.1) is 11.3 Å². The molecule has 0 bridgehead atoms. The smallest absolute Gasteiger partial charge is 0.277 e. The topological polar surface area (TPSA) is 161 Å². The molecule has 0 aliphatic carbocycles. The van der Waals surface area contributed by atoms with Gasteiger partial charge in [0.15, 0.2) is 0 Å². The molecule has 0 radical (unpaired) electrons. The lowest BCUT2D eigenvalue weighted by molar-refractivity contribution is -0.384. The number of carbonyl (C=O) groups excluding carboxylic acids is 1. The van der Waals surface area contributed by atoms with Gasteiger partial charge in [0.25, 0.3) is 11.2 Å². The summed E-state index contributed by atoms with van der Waals surface area (Å²) in [5.74, 6) is -2.95. The van der Waals surface area contributed by atoms with Crippen molar-refractivity contribution < 1.29 is 9.72 Å². The van der Waals surface area contributed by atoms with E-state index in [2.05, 4.69) is 10.1 Å². The maximum Gasteiger partial charge on any atom is 0.277 e. The van der Waals surface area contributed by atoms with Crippen molar-refractivity contribution in [3.8, 4) is 22.5 Å². The van der Waals surface area contributed by atoms with Gasteiger partial charge in [0.05, 0.1) is 16.7 Å². The number of hydrogen-bond donors (Lipinski definition) is 2. The van der Waals surface area contributed by atoms with Gasteiger partial charge in [-0.3, -0.25) is 24.8 Å². The standard InChI is InChI=1S/C23H18N6O4S/c1-13-19(20(17(11-24)21(25)30)14-6-3-2-4-7-14)22(31)28(27-13)23-26-18(12-34-23)15-8-5-9-16(10-15)29(32)33/h2-10,12,17,20,27H,1H3,(H2,25,30). The predicted molar refractivity (Wildman–Crippen MR) is 125 cm³/mol. The number of nitro benzene ring substituents is 1. The van der Waals surface area contributed by atoms with E-state index in [1.807, 2.05) is 6.07 Å². The second kappa shape index (κ2) is 9.13.